The van der Waals surface area contributed by atoms with Gasteiger partial charge in [0.25, 0.3) is 0 Å². The molecule has 0 aromatic carbocycles. The highest BCUT2D eigenvalue weighted by atomic mass is 15.2. The summed E-state index contributed by atoms with van der Waals surface area (Å²) in [5, 5.41) is 3.58. The second-order valence-electron chi connectivity index (χ2n) is 5.52. The minimum absolute atomic E-state index is 1.02. The van der Waals surface area contributed by atoms with Gasteiger partial charge < -0.3 is 15.1 Å². The van der Waals surface area contributed by atoms with Gasteiger partial charge in [0.15, 0.2) is 0 Å². The highest BCUT2D eigenvalue weighted by Gasteiger charge is 2.23. The van der Waals surface area contributed by atoms with E-state index >= 15 is 0 Å². The molecule has 0 atom stereocenters. The van der Waals surface area contributed by atoms with E-state index in [9.17, 15) is 0 Å². The maximum atomic E-state index is 3.58. The van der Waals surface area contributed by atoms with Crippen LogP contribution in [0.1, 0.15) is 40.0 Å². The number of hydrogen-bond donors (Lipinski definition) is 1. The van der Waals surface area contributed by atoms with Crippen molar-refractivity contribution in [2.75, 3.05) is 52.4 Å². The summed E-state index contributed by atoms with van der Waals surface area (Å²) in [5.74, 6) is 1.02. The first kappa shape index (κ1) is 15.9. The Morgan fingerprint density at radius 1 is 0.889 bits per heavy atom. The molecule has 1 saturated carbocycles. The van der Waals surface area contributed by atoms with Crippen LogP contribution in [-0.2, 0) is 0 Å². The van der Waals surface area contributed by atoms with Gasteiger partial charge in [-0.3, -0.25) is 0 Å². The van der Waals surface area contributed by atoms with Crippen LogP contribution >= 0.6 is 0 Å². The highest BCUT2D eigenvalue weighted by molar-refractivity contribution is 4.77. The predicted molar refractivity (Wildman–Crippen MR) is 80.1 cm³/mol. The van der Waals surface area contributed by atoms with Crippen molar-refractivity contribution in [2.45, 2.75) is 40.0 Å². The Bertz CT molecular complexity index is 188. The lowest BCUT2D eigenvalue weighted by atomic mass is 10.3. The number of likely N-dealkylation sites (N-methyl/N-ethyl adjacent to an activating group) is 1. The molecule has 0 aliphatic heterocycles. The molecule has 3 heteroatoms. The van der Waals surface area contributed by atoms with Crippen molar-refractivity contribution in [1.82, 2.24) is 15.1 Å². The molecular weight excluding hydrogens is 222 g/mol. The van der Waals surface area contributed by atoms with E-state index in [0.717, 1.165) is 19.0 Å². The number of nitrogens with one attached hydrogen (secondary N) is 1. The summed E-state index contributed by atoms with van der Waals surface area (Å²) in [5.41, 5.74) is 0. The molecular formula is C15H33N3. The van der Waals surface area contributed by atoms with Crippen LogP contribution in [0.4, 0.5) is 0 Å². The van der Waals surface area contributed by atoms with Crippen LogP contribution in [0.5, 0.6) is 0 Å². The van der Waals surface area contributed by atoms with E-state index in [1.807, 2.05) is 0 Å². The topological polar surface area (TPSA) is 18.5 Å². The number of nitrogens with zero attached hydrogens (tertiary/aromatic N) is 2. The van der Waals surface area contributed by atoms with Crippen molar-refractivity contribution in [2.24, 2.45) is 5.92 Å². The maximum Gasteiger partial charge on any atom is 0.0107 e. The van der Waals surface area contributed by atoms with Crippen LogP contribution in [0, 0.1) is 5.92 Å². The van der Waals surface area contributed by atoms with E-state index in [2.05, 4.69) is 35.9 Å². The normalized spacial score (nSPS) is 15.8. The maximum absolute atomic E-state index is 3.58. The first-order valence-electron chi connectivity index (χ1n) is 7.95. The monoisotopic (exact) mass is 255 g/mol. The fourth-order valence-electron chi connectivity index (χ4n) is 2.42. The smallest absolute Gasteiger partial charge is 0.0107 e. The van der Waals surface area contributed by atoms with Gasteiger partial charge in [0.2, 0.25) is 0 Å². The molecule has 0 amide bonds. The molecule has 0 heterocycles. The predicted octanol–water partition coefficient (Wildman–Crippen LogP) is 2.04. The van der Waals surface area contributed by atoms with Crippen molar-refractivity contribution < 1.29 is 0 Å². The third-order valence-electron chi connectivity index (χ3n) is 3.86. The fourth-order valence-corrected chi connectivity index (χ4v) is 2.42. The second-order valence-corrected chi connectivity index (χ2v) is 5.52. The van der Waals surface area contributed by atoms with Crippen LogP contribution < -0.4 is 5.32 Å². The van der Waals surface area contributed by atoms with Crippen molar-refractivity contribution in [3.63, 3.8) is 0 Å². The summed E-state index contributed by atoms with van der Waals surface area (Å²) in [4.78, 5) is 5.11. The molecule has 0 bridgehead atoms. The number of hydrogen-bond acceptors (Lipinski definition) is 3. The van der Waals surface area contributed by atoms with Crippen LogP contribution in [0.25, 0.3) is 0 Å². The zero-order valence-electron chi connectivity index (χ0n) is 12.7. The van der Waals surface area contributed by atoms with Gasteiger partial charge in [-0.25, -0.2) is 0 Å². The lowest BCUT2D eigenvalue weighted by Crippen LogP contribution is -2.37. The molecule has 1 aliphatic carbocycles. The van der Waals surface area contributed by atoms with Crippen molar-refractivity contribution in [3.05, 3.63) is 0 Å². The molecule has 1 N–H and O–H groups in total. The molecule has 0 saturated heterocycles. The van der Waals surface area contributed by atoms with E-state index in [4.69, 9.17) is 0 Å². The Kier molecular flexibility index (Phi) is 8.64. The summed E-state index contributed by atoms with van der Waals surface area (Å²) < 4.78 is 0. The minimum atomic E-state index is 1.02. The van der Waals surface area contributed by atoms with Crippen molar-refractivity contribution in [1.29, 1.82) is 0 Å². The Morgan fingerprint density at radius 2 is 1.50 bits per heavy atom. The summed E-state index contributed by atoms with van der Waals surface area (Å²) in [6, 6.07) is 0. The van der Waals surface area contributed by atoms with Crippen molar-refractivity contribution >= 4 is 0 Å². The molecule has 0 radical (unpaired) electrons. The fraction of sp³-hybridized carbons (Fsp3) is 1.00. The van der Waals surface area contributed by atoms with Crippen molar-refractivity contribution in [3.8, 4) is 0 Å². The first-order chi connectivity index (χ1) is 8.80. The van der Waals surface area contributed by atoms with Gasteiger partial charge in [0.05, 0.1) is 0 Å². The standard InChI is InChI=1S/C15H33N3/c1-4-11-18(14-15-7-8-15)13-10-16-9-12-17(5-2)6-3/h15-16H,4-14H2,1-3H3. The molecule has 108 valence electrons. The molecule has 3 nitrogen and oxygen atoms in total. The van der Waals surface area contributed by atoms with E-state index in [1.165, 1.54) is 58.5 Å². The molecule has 0 spiro atoms. The zero-order valence-corrected chi connectivity index (χ0v) is 12.7. The Hall–Kier alpha value is -0.120. The van der Waals surface area contributed by atoms with Gasteiger partial charge in [0, 0.05) is 32.7 Å². The second kappa shape index (κ2) is 9.76. The first-order valence-corrected chi connectivity index (χ1v) is 7.95. The van der Waals surface area contributed by atoms with E-state index in [1.54, 1.807) is 0 Å². The Balaban J connectivity index is 1.99. The lowest BCUT2D eigenvalue weighted by Gasteiger charge is -2.22. The summed E-state index contributed by atoms with van der Waals surface area (Å²) in [6.07, 6.45) is 4.22. The minimum Gasteiger partial charge on any atom is -0.314 e. The average molecular weight is 255 g/mol. The third kappa shape index (κ3) is 7.34. The van der Waals surface area contributed by atoms with Gasteiger partial charge in [-0.15, -0.1) is 0 Å². The van der Waals surface area contributed by atoms with Gasteiger partial charge in [-0.05, 0) is 44.8 Å². The van der Waals surface area contributed by atoms with Gasteiger partial charge in [-0.1, -0.05) is 20.8 Å². The Labute approximate surface area is 114 Å². The highest BCUT2D eigenvalue weighted by Crippen LogP contribution is 2.29. The van der Waals surface area contributed by atoms with E-state index < -0.39 is 0 Å². The molecule has 1 fully saturated rings. The van der Waals surface area contributed by atoms with E-state index in [-0.39, 0.29) is 0 Å². The molecule has 0 unspecified atom stereocenters. The van der Waals surface area contributed by atoms with Gasteiger partial charge in [-0.2, -0.15) is 0 Å². The van der Waals surface area contributed by atoms with Crippen LogP contribution in [0.2, 0.25) is 0 Å². The van der Waals surface area contributed by atoms with Crippen LogP contribution in [0.15, 0.2) is 0 Å². The SMILES string of the molecule is CCCN(CCNCCN(CC)CC)CC1CC1. The molecule has 0 aromatic heterocycles. The molecule has 1 aliphatic rings. The van der Waals surface area contributed by atoms with Gasteiger partial charge in [0.1, 0.15) is 0 Å². The molecule has 0 aromatic rings. The van der Waals surface area contributed by atoms with Crippen LogP contribution in [-0.4, -0.2) is 62.2 Å². The Morgan fingerprint density at radius 3 is 2.00 bits per heavy atom. The summed E-state index contributed by atoms with van der Waals surface area (Å²) >= 11 is 0. The third-order valence-corrected chi connectivity index (χ3v) is 3.86. The van der Waals surface area contributed by atoms with Crippen LogP contribution in [0.3, 0.4) is 0 Å². The summed E-state index contributed by atoms with van der Waals surface area (Å²) in [6.45, 7) is 16.4. The quantitative estimate of drug-likeness (QED) is 0.538. The average Bonchev–Trinajstić information content (AvgIpc) is 3.18. The molecule has 18 heavy (non-hydrogen) atoms. The summed E-state index contributed by atoms with van der Waals surface area (Å²) in [7, 11) is 0. The largest absolute Gasteiger partial charge is 0.314 e. The molecule has 1 rings (SSSR count). The zero-order chi connectivity index (χ0) is 13.2. The van der Waals surface area contributed by atoms with E-state index in [0.29, 0.717) is 0 Å². The number of rotatable bonds is 12. The lowest BCUT2D eigenvalue weighted by molar-refractivity contribution is 0.257. The van der Waals surface area contributed by atoms with Gasteiger partial charge >= 0.3 is 0 Å².